The first-order chi connectivity index (χ1) is 15.2. The molecular formula is C24H31N5O2. The van der Waals surface area contributed by atoms with Crippen molar-refractivity contribution in [1.82, 2.24) is 20.5 Å². The molecule has 3 aliphatic rings. The molecule has 1 aromatic carbocycles. The number of aliphatic hydroxyl groups is 1. The number of hydrogen-bond donors (Lipinski definition) is 3. The Morgan fingerprint density at radius 2 is 2.00 bits per heavy atom. The van der Waals surface area contributed by atoms with Crippen LogP contribution >= 0.6 is 0 Å². The Morgan fingerprint density at radius 3 is 2.71 bits per heavy atom. The molecule has 2 fully saturated rings. The largest absolute Gasteiger partial charge is 0.497 e. The van der Waals surface area contributed by atoms with Gasteiger partial charge in [0.2, 0.25) is 0 Å². The number of rotatable bonds is 5. The Balaban J connectivity index is 1.51. The van der Waals surface area contributed by atoms with E-state index in [4.69, 9.17) is 9.72 Å². The zero-order valence-electron chi connectivity index (χ0n) is 18.1. The lowest BCUT2D eigenvalue weighted by molar-refractivity contribution is 0.238. The van der Waals surface area contributed by atoms with Gasteiger partial charge in [0.05, 0.1) is 18.3 Å². The fraction of sp³-hybridized carbons (Fsp3) is 0.458. The van der Waals surface area contributed by atoms with Crippen molar-refractivity contribution in [3.05, 3.63) is 47.9 Å². The molecule has 1 unspecified atom stereocenters. The number of fused-ring (bicyclic) bond motifs is 1. The highest BCUT2D eigenvalue weighted by Gasteiger charge is 2.25. The Hall–Kier alpha value is -2.77. The number of methoxy groups -OCH3 is 1. The third-order valence-corrected chi connectivity index (χ3v) is 6.57. The minimum atomic E-state index is 0.245. The number of aliphatic hydroxyl groups excluding tert-OH is 1. The van der Waals surface area contributed by atoms with E-state index in [0.29, 0.717) is 5.92 Å². The van der Waals surface area contributed by atoms with Crippen LogP contribution in [0.2, 0.25) is 0 Å². The first-order valence-electron chi connectivity index (χ1n) is 11.2. The summed E-state index contributed by atoms with van der Waals surface area (Å²) in [6.45, 7) is 6.95. The van der Waals surface area contributed by atoms with Crippen LogP contribution in [0.25, 0.3) is 16.5 Å². The smallest absolute Gasteiger partial charge is 0.121 e. The number of piperazine rings is 1. The van der Waals surface area contributed by atoms with Gasteiger partial charge >= 0.3 is 0 Å². The third kappa shape index (κ3) is 4.07. The van der Waals surface area contributed by atoms with E-state index in [-0.39, 0.29) is 6.61 Å². The maximum Gasteiger partial charge on any atom is 0.121 e. The summed E-state index contributed by atoms with van der Waals surface area (Å²) in [5.41, 5.74) is 4.31. The minimum absolute atomic E-state index is 0.245. The molecule has 0 amide bonds. The van der Waals surface area contributed by atoms with Gasteiger partial charge in [-0.2, -0.15) is 0 Å². The van der Waals surface area contributed by atoms with E-state index in [9.17, 15) is 5.11 Å². The van der Waals surface area contributed by atoms with Gasteiger partial charge in [-0.05, 0) is 36.3 Å². The zero-order chi connectivity index (χ0) is 21.2. The van der Waals surface area contributed by atoms with Gasteiger partial charge in [-0.15, -0.1) is 0 Å². The van der Waals surface area contributed by atoms with Crippen molar-refractivity contribution >= 4 is 22.2 Å². The van der Waals surface area contributed by atoms with Crippen molar-refractivity contribution in [1.29, 1.82) is 0 Å². The van der Waals surface area contributed by atoms with Crippen molar-refractivity contribution in [3.63, 3.8) is 0 Å². The van der Waals surface area contributed by atoms with Crippen LogP contribution in [0.4, 0.5) is 5.69 Å². The van der Waals surface area contributed by atoms with Crippen molar-refractivity contribution in [2.75, 3.05) is 64.4 Å². The van der Waals surface area contributed by atoms with E-state index in [1.807, 2.05) is 12.1 Å². The topological polar surface area (TPSA) is 72.9 Å². The first-order valence-corrected chi connectivity index (χ1v) is 11.2. The molecule has 3 N–H and O–H groups in total. The second-order valence-electron chi connectivity index (χ2n) is 8.53. The molecule has 2 aromatic rings. The van der Waals surface area contributed by atoms with E-state index in [1.165, 1.54) is 17.1 Å². The van der Waals surface area contributed by atoms with Crippen LogP contribution in [-0.4, -0.2) is 74.5 Å². The van der Waals surface area contributed by atoms with Gasteiger partial charge in [-0.3, -0.25) is 0 Å². The normalized spacial score (nSPS) is 21.7. The molecule has 2 saturated heterocycles. The molecule has 1 aromatic heterocycles. The number of allylic oxidation sites excluding steroid dienone is 2. The summed E-state index contributed by atoms with van der Waals surface area (Å²) in [6, 6.07) is 8.33. The first kappa shape index (κ1) is 20.2. The molecule has 1 atom stereocenters. The highest BCUT2D eigenvalue weighted by atomic mass is 16.5. The molecule has 164 valence electrons. The molecule has 7 nitrogen and oxygen atoms in total. The van der Waals surface area contributed by atoms with Gasteiger partial charge in [0, 0.05) is 75.5 Å². The summed E-state index contributed by atoms with van der Waals surface area (Å²) in [5.74, 6) is 2.35. The molecule has 31 heavy (non-hydrogen) atoms. The second-order valence-corrected chi connectivity index (χ2v) is 8.53. The van der Waals surface area contributed by atoms with Crippen molar-refractivity contribution in [2.45, 2.75) is 6.42 Å². The maximum absolute atomic E-state index is 9.62. The second kappa shape index (κ2) is 8.77. The number of dihydropyridines is 1. The molecule has 0 bridgehead atoms. The number of anilines is 1. The van der Waals surface area contributed by atoms with E-state index >= 15 is 0 Å². The predicted molar refractivity (Wildman–Crippen MR) is 124 cm³/mol. The van der Waals surface area contributed by atoms with Crippen LogP contribution in [0.1, 0.15) is 12.1 Å². The molecular weight excluding hydrogens is 390 g/mol. The average Bonchev–Trinajstić information content (AvgIpc) is 3.33. The summed E-state index contributed by atoms with van der Waals surface area (Å²) in [6.07, 6.45) is 5.40. The Bertz CT molecular complexity index is 1010. The van der Waals surface area contributed by atoms with Crippen molar-refractivity contribution in [3.8, 4) is 5.75 Å². The molecule has 0 aliphatic carbocycles. The van der Waals surface area contributed by atoms with Crippen molar-refractivity contribution in [2.24, 2.45) is 5.92 Å². The fourth-order valence-electron chi connectivity index (χ4n) is 4.73. The van der Waals surface area contributed by atoms with Crippen LogP contribution in [0.5, 0.6) is 5.75 Å². The van der Waals surface area contributed by atoms with E-state index in [2.05, 4.69) is 44.7 Å². The number of aromatic nitrogens is 1. The Morgan fingerprint density at radius 1 is 1.13 bits per heavy atom. The van der Waals surface area contributed by atoms with Crippen molar-refractivity contribution < 1.29 is 9.84 Å². The average molecular weight is 422 g/mol. The molecule has 0 saturated carbocycles. The summed E-state index contributed by atoms with van der Waals surface area (Å²) in [5, 5.41) is 17.7. The van der Waals surface area contributed by atoms with Crippen LogP contribution in [0, 0.1) is 5.92 Å². The monoisotopic (exact) mass is 421 g/mol. The number of ether oxygens (including phenoxy) is 1. The van der Waals surface area contributed by atoms with Gasteiger partial charge in [0.1, 0.15) is 11.6 Å². The summed E-state index contributed by atoms with van der Waals surface area (Å²) in [4.78, 5) is 9.78. The molecule has 4 heterocycles. The van der Waals surface area contributed by atoms with Gasteiger partial charge in [0.15, 0.2) is 0 Å². The number of nitrogens with zero attached hydrogens (tertiary/aromatic N) is 3. The molecule has 5 rings (SSSR count). The summed E-state index contributed by atoms with van der Waals surface area (Å²) < 4.78 is 5.45. The minimum Gasteiger partial charge on any atom is -0.497 e. The lowest BCUT2D eigenvalue weighted by Crippen LogP contribution is -2.46. The third-order valence-electron chi connectivity index (χ3n) is 6.57. The lowest BCUT2D eigenvalue weighted by Gasteiger charge is -2.33. The molecule has 7 heteroatoms. The fourth-order valence-corrected chi connectivity index (χ4v) is 4.73. The van der Waals surface area contributed by atoms with E-state index < -0.39 is 0 Å². The summed E-state index contributed by atoms with van der Waals surface area (Å²) >= 11 is 0. The lowest BCUT2D eigenvalue weighted by atomic mass is 10.0. The standard InChI is InChI=1S/C24H31N5O2/c1-31-19-3-4-20-22(12-19)27-21(13-23(20)29-9-6-17(15-29)16-30)18-2-5-24(26-14-18)28-10-7-25-8-11-28/h2-5,12-13,17,25-26,30H,6-11,14-16H2,1H3. The van der Waals surface area contributed by atoms with Gasteiger partial charge in [0.25, 0.3) is 0 Å². The van der Waals surface area contributed by atoms with Crippen LogP contribution in [-0.2, 0) is 0 Å². The van der Waals surface area contributed by atoms with Crippen LogP contribution < -0.4 is 20.3 Å². The van der Waals surface area contributed by atoms with Gasteiger partial charge in [-0.25, -0.2) is 4.98 Å². The van der Waals surface area contributed by atoms with E-state index in [1.54, 1.807) is 7.11 Å². The highest BCUT2D eigenvalue weighted by Crippen LogP contribution is 2.34. The molecule has 0 radical (unpaired) electrons. The zero-order valence-corrected chi connectivity index (χ0v) is 18.1. The summed E-state index contributed by atoms with van der Waals surface area (Å²) in [7, 11) is 1.69. The highest BCUT2D eigenvalue weighted by molar-refractivity contribution is 5.94. The van der Waals surface area contributed by atoms with Crippen LogP contribution in [0.15, 0.2) is 42.2 Å². The quantitative estimate of drug-likeness (QED) is 0.680. The van der Waals surface area contributed by atoms with Gasteiger partial charge in [-0.1, -0.05) is 6.08 Å². The van der Waals surface area contributed by atoms with Gasteiger partial charge < -0.3 is 30.3 Å². The molecule has 3 aliphatic heterocycles. The van der Waals surface area contributed by atoms with E-state index in [0.717, 1.165) is 74.6 Å². The maximum atomic E-state index is 9.62. The number of pyridine rings is 1. The molecule has 0 spiro atoms. The number of hydrogen-bond acceptors (Lipinski definition) is 7. The Kier molecular flexibility index (Phi) is 5.70. The Labute approximate surface area is 183 Å². The predicted octanol–water partition coefficient (Wildman–Crippen LogP) is 1.80. The SMILES string of the molecule is COc1ccc2c(N3CCC(CO)C3)cc(C3=CC=C(N4CCNCC4)NC3)nc2c1. The number of nitrogens with one attached hydrogen (secondary N) is 2. The van der Waals surface area contributed by atoms with Crippen LogP contribution in [0.3, 0.4) is 0 Å². The number of benzene rings is 1.